The van der Waals surface area contributed by atoms with Crippen molar-refractivity contribution in [2.75, 3.05) is 0 Å². The summed E-state index contributed by atoms with van der Waals surface area (Å²) in [4.78, 5) is 0. The van der Waals surface area contributed by atoms with E-state index < -0.39 is 0 Å². The molecule has 2 rings (SSSR count). The topological polar surface area (TPSA) is 23.9 Å². The predicted octanol–water partition coefficient (Wildman–Crippen LogP) is 6.92. The first-order valence-corrected chi connectivity index (χ1v) is 8.75. The van der Waals surface area contributed by atoms with Crippen LogP contribution in [0.15, 0.2) is 53.6 Å². The lowest BCUT2D eigenvalue weighted by Gasteiger charge is -2.09. The molecule has 0 aliphatic carbocycles. The highest BCUT2D eigenvalue weighted by molar-refractivity contribution is 5.76. The lowest BCUT2D eigenvalue weighted by molar-refractivity contribution is 1.09. The highest BCUT2D eigenvalue weighted by Crippen LogP contribution is 2.24. The zero-order chi connectivity index (χ0) is 18.1. The Morgan fingerprint density at radius 3 is 2.04 bits per heavy atom. The highest BCUT2D eigenvalue weighted by Gasteiger charge is 2.03. The summed E-state index contributed by atoms with van der Waals surface area (Å²) < 4.78 is 0. The Balaban J connectivity index is 0.000000891. The quantitative estimate of drug-likeness (QED) is 0.591. The van der Waals surface area contributed by atoms with E-state index in [2.05, 4.69) is 77.1 Å². The van der Waals surface area contributed by atoms with E-state index in [0.717, 1.165) is 12.0 Å². The van der Waals surface area contributed by atoms with Crippen molar-refractivity contribution in [1.82, 2.24) is 0 Å². The Hall–Kier alpha value is -2.15. The van der Waals surface area contributed by atoms with Gasteiger partial charge in [0, 0.05) is 6.21 Å². The number of nitrogens with one attached hydrogen (secondary N) is 1. The van der Waals surface area contributed by atoms with Crippen molar-refractivity contribution >= 4 is 6.21 Å². The average molecular weight is 322 g/mol. The number of allylic oxidation sites excluding steroid dienone is 2. The van der Waals surface area contributed by atoms with Crippen LogP contribution in [0.2, 0.25) is 0 Å². The van der Waals surface area contributed by atoms with Crippen molar-refractivity contribution in [1.29, 1.82) is 5.41 Å². The Bertz CT molecular complexity index is 687. The van der Waals surface area contributed by atoms with Gasteiger partial charge in [0.2, 0.25) is 0 Å². The van der Waals surface area contributed by atoms with Gasteiger partial charge >= 0.3 is 0 Å². The summed E-state index contributed by atoms with van der Waals surface area (Å²) in [5, 5.41) is 7.35. The molecular formula is C23H31N. The van der Waals surface area contributed by atoms with Crippen LogP contribution in [0.25, 0.3) is 11.1 Å². The molecule has 0 spiro atoms. The van der Waals surface area contributed by atoms with Crippen molar-refractivity contribution in [3.63, 3.8) is 0 Å². The average Bonchev–Trinajstić information content (AvgIpc) is 2.54. The van der Waals surface area contributed by atoms with E-state index in [4.69, 9.17) is 5.41 Å². The molecule has 0 saturated carbocycles. The fourth-order valence-corrected chi connectivity index (χ4v) is 2.57. The standard InChI is InChI=1S/C20H23N.C3H8/c1-14-8-15(2)10-20(9-14)19-7-5-6-18(12-19)11-16(3)17(4)13-21;1-3-2/h5-10,12-13,21H,11H2,1-4H3;3H2,1-2H3/b17-16-,21-13?;. The molecule has 1 nitrogen and oxygen atoms in total. The van der Waals surface area contributed by atoms with Crippen molar-refractivity contribution in [2.24, 2.45) is 0 Å². The number of rotatable bonds is 4. The number of aryl methyl sites for hydroxylation is 2. The van der Waals surface area contributed by atoms with Gasteiger partial charge < -0.3 is 5.41 Å². The molecule has 0 radical (unpaired) electrons. The third-order valence-electron chi connectivity index (χ3n) is 3.84. The van der Waals surface area contributed by atoms with Gasteiger partial charge in [-0.2, -0.15) is 0 Å². The van der Waals surface area contributed by atoms with Crippen molar-refractivity contribution in [3.8, 4) is 11.1 Å². The lowest BCUT2D eigenvalue weighted by Crippen LogP contribution is -1.92. The minimum atomic E-state index is 0.903. The van der Waals surface area contributed by atoms with Gasteiger partial charge in [0.05, 0.1) is 0 Å². The summed E-state index contributed by atoms with van der Waals surface area (Å²) in [6, 6.07) is 15.4. The Labute approximate surface area is 148 Å². The van der Waals surface area contributed by atoms with Crippen LogP contribution in [0.3, 0.4) is 0 Å². The second-order valence-corrected chi connectivity index (χ2v) is 6.57. The van der Waals surface area contributed by atoms with Crippen LogP contribution in [-0.2, 0) is 6.42 Å². The third-order valence-corrected chi connectivity index (χ3v) is 3.84. The van der Waals surface area contributed by atoms with Gasteiger partial charge in [-0.3, -0.25) is 0 Å². The van der Waals surface area contributed by atoms with E-state index in [1.165, 1.54) is 46.0 Å². The molecule has 0 heterocycles. The summed E-state index contributed by atoms with van der Waals surface area (Å²) in [7, 11) is 0. The molecule has 0 aromatic heterocycles. The predicted molar refractivity (Wildman–Crippen MR) is 108 cm³/mol. The maximum Gasteiger partial charge on any atom is 0.0206 e. The number of hydrogen-bond acceptors (Lipinski definition) is 1. The maximum atomic E-state index is 7.35. The van der Waals surface area contributed by atoms with Gasteiger partial charge in [-0.1, -0.05) is 79.4 Å². The summed E-state index contributed by atoms with van der Waals surface area (Å²) in [5.74, 6) is 0. The third kappa shape index (κ3) is 6.16. The molecule has 2 aromatic rings. The SMILES string of the molecule is C/C(C=N)=C(\C)Cc1cccc(-c2cc(C)cc(C)c2)c1.CCC. The molecule has 2 aromatic carbocycles. The van der Waals surface area contributed by atoms with E-state index >= 15 is 0 Å². The monoisotopic (exact) mass is 321 g/mol. The van der Waals surface area contributed by atoms with Crippen molar-refractivity contribution < 1.29 is 0 Å². The minimum absolute atomic E-state index is 0.903. The van der Waals surface area contributed by atoms with Gasteiger partial charge in [0.1, 0.15) is 0 Å². The zero-order valence-electron chi connectivity index (χ0n) is 16.0. The Morgan fingerprint density at radius 1 is 0.917 bits per heavy atom. The Morgan fingerprint density at radius 2 is 1.50 bits per heavy atom. The van der Waals surface area contributed by atoms with Crippen LogP contribution in [0.1, 0.15) is 50.8 Å². The molecule has 0 amide bonds. The molecule has 24 heavy (non-hydrogen) atoms. The molecule has 0 bridgehead atoms. The first-order valence-electron chi connectivity index (χ1n) is 8.75. The van der Waals surface area contributed by atoms with Crippen LogP contribution < -0.4 is 0 Å². The summed E-state index contributed by atoms with van der Waals surface area (Å²) in [5.41, 5.74) is 8.73. The summed E-state index contributed by atoms with van der Waals surface area (Å²) in [6.45, 7) is 12.6. The summed E-state index contributed by atoms with van der Waals surface area (Å²) in [6.07, 6.45) is 3.59. The van der Waals surface area contributed by atoms with Crippen molar-refractivity contribution in [3.05, 3.63) is 70.3 Å². The van der Waals surface area contributed by atoms with Crippen LogP contribution in [-0.4, -0.2) is 6.21 Å². The van der Waals surface area contributed by atoms with E-state index in [0.29, 0.717) is 0 Å². The molecular weight excluding hydrogens is 290 g/mol. The summed E-state index contributed by atoms with van der Waals surface area (Å²) >= 11 is 0. The van der Waals surface area contributed by atoms with Crippen LogP contribution >= 0.6 is 0 Å². The molecule has 0 aliphatic heterocycles. The molecule has 128 valence electrons. The fraction of sp³-hybridized carbons (Fsp3) is 0.348. The number of benzene rings is 2. The first-order chi connectivity index (χ1) is 11.4. The van der Waals surface area contributed by atoms with E-state index in [9.17, 15) is 0 Å². The van der Waals surface area contributed by atoms with Gasteiger partial charge in [-0.05, 0) is 56.4 Å². The molecule has 1 heteroatoms. The van der Waals surface area contributed by atoms with E-state index in [-0.39, 0.29) is 0 Å². The largest absolute Gasteiger partial charge is 0.308 e. The maximum absolute atomic E-state index is 7.35. The van der Waals surface area contributed by atoms with E-state index in [1.54, 1.807) is 0 Å². The molecule has 0 fully saturated rings. The highest BCUT2D eigenvalue weighted by atomic mass is 14.3. The van der Waals surface area contributed by atoms with Gasteiger partial charge in [-0.25, -0.2) is 0 Å². The fourth-order valence-electron chi connectivity index (χ4n) is 2.57. The van der Waals surface area contributed by atoms with Crippen LogP contribution in [0.5, 0.6) is 0 Å². The molecule has 0 atom stereocenters. The number of hydrogen-bond donors (Lipinski definition) is 1. The minimum Gasteiger partial charge on any atom is -0.308 e. The molecule has 0 saturated heterocycles. The first kappa shape index (κ1) is 19.9. The Kier molecular flexibility index (Phi) is 8.18. The normalized spacial score (nSPS) is 11.2. The molecule has 0 aliphatic rings. The lowest BCUT2D eigenvalue weighted by atomic mass is 9.96. The second-order valence-electron chi connectivity index (χ2n) is 6.57. The van der Waals surface area contributed by atoms with Crippen molar-refractivity contribution in [2.45, 2.75) is 54.4 Å². The molecule has 1 N–H and O–H groups in total. The van der Waals surface area contributed by atoms with Gasteiger partial charge in [-0.15, -0.1) is 0 Å². The van der Waals surface area contributed by atoms with Crippen LogP contribution in [0.4, 0.5) is 0 Å². The van der Waals surface area contributed by atoms with E-state index in [1.807, 2.05) is 6.92 Å². The van der Waals surface area contributed by atoms with Gasteiger partial charge in [0.25, 0.3) is 0 Å². The smallest absolute Gasteiger partial charge is 0.0206 e. The van der Waals surface area contributed by atoms with Gasteiger partial charge in [0.15, 0.2) is 0 Å². The molecule has 0 unspecified atom stereocenters. The zero-order valence-corrected chi connectivity index (χ0v) is 16.0. The second kappa shape index (κ2) is 9.87. The van der Waals surface area contributed by atoms with Crippen LogP contribution in [0, 0.1) is 19.3 Å².